The van der Waals surface area contributed by atoms with Crippen LogP contribution in [-0.2, 0) is 9.53 Å². The van der Waals surface area contributed by atoms with Crippen LogP contribution in [0, 0.1) is 11.3 Å². The molecule has 1 aromatic rings. The number of halogens is 1. The summed E-state index contributed by atoms with van der Waals surface area (Å²) in [4.78, 5) is 12.1. The van der Waals surface area contributed by atoms with Crippen molar-refractivity contribution in [3.63, 3.8) is 0 Å². The average molecular weight is 397 g/mol. The molecule has 0 unspecified atom stereocenters. The Balaban J connectivity index is 2.99. The van der Waals surface area contributed by atoms with Crippen molar-refractivity contribution < 1.29 is 19.0 Å². The number of nitrogens with zero attached hydrogens (tertiary/aromatic N) is 1. The van der Waals surface area contributed by atoms with Gasteiger partial charge in [-0.3, -0.25) is 4.79 Å². The monoisotopic (exact) mass is 396 g/mol. The maximum absolute atomic E-state index is 12.1. The molecule has 0 radical (unpaired) electrons. The van der Waals surface area contributed by atoms with Crippen molar-refractivity contribution in [1.82, 2.24) is 5.32 Å². The van der Waals surface area contributed by atoms with E-state index in [0.29, 0.717) is 47.7 Å². The van der Waals surface area contributed by atoms with Crippen molar-refractivity contribution >= 4 is 27.9 Å². The van der Waals surface area contributed by atoms with Gasteiger partial charge in [-0.05, 0) is 53.0 Å². The van der Waals surface area contributed by atoms with Crippen LogP contribution >= 0.6 is 15.9 Å². The van der Waals surface area contributed by atoms with Gasteiger partial charge in [0.2, 0.25) is 0 Å². The largest absolute Gasteiger partial charge is 0.492 e. The van der Waals surface area contributed by atoms with Gasteiger partial charge >= 0.3 is 0 Å². The zero-order valence-corrected chi connectivity index (χ0v) is 15.6. The van der Waals surface area contributed by atoms with E-state index < -0.39 is 5.91 Å². The van der Waals surface area contributed by atoms with E-state index in [0.717, 1.165) is 0 Å². The molecule has 130 valence electrons. The molecule has 0 atom stereocenters. The maximum Gasteiger partial charge on any atom is 0.261 e. The second kappa shape index (κ2) is 10.7. The molecule has 0 aliphatic heterocycles. The fraction of sp³-hybridized carbons (Fsp3) is 0.412. The van der Waals surface area contributed by atoms with E-state index in [1.165, 1.54) is 6.08 Å². The second-order valence-electron chi connectivity index (χ2n) is 4.74. The van der Waals surface area contributed by atoms with Crippen molar-refractivity contribution in [3.8, 4) is 17.6 Å². The summed E-state index contributed by atoms with van der Waals surface area (Å²) in [6.45, 7) is 3.34. The third kappa shape index (κ3) is 5.87. The number of carbonyl (C=O) groups is 1. The van der Waals surface area contributed by atoms with Gasteiger partial charge in [-0.2, -0.15) is 5.26 Å². The molecule has 1 rings (SSSR count). The van der Waals surface area contributed by atoms with E-state index >= 15 is 0 Å². The van der Waals surface area contributed by atoms with Crippen molar-refractivity contribution in [2.24, 2.45) is 0 Å². The quantitative estimate of drug-likeness (QED) is 0.394. The number of carbonyl (C=O) groups excluding carboxylic acids is 1. The van der Waals surface area contributed by atoms with Gasteiger partial charge in [-0.25, -0.2) is 0 Å². The van der Waals surface area contributed by atoms with Crippen LogP contribution in [0.5, 0.6) is 11.5 Å². The highest BCUT2D eigenvalue weighted by atomic mass is 79.9. The third-order valence-corrected chi connectivity index (χ3v) is 3.61. The summed E-state index contributed by atoms with van der Waals surface area (Å²) in [5, 5.41) is 11.9. The van der Waals surface area contributed by atoms with Crippen molar-refractivity contribution in [1.29, 1.82) is 5.26 Å². The highest BCUT2D eigenvalue weighted by Crippen LogP contribution is 2.37. The summed E-state index contributed by atoms with van der Waals surface area (Å²) in [6.07, 6.45) is 2.20. The smallest absolute Gasteiger partial charge is 0.261 e. The molecule has 0 heterocycles. The lowest BCUT2D eigenvalue weighted by Gasteiger charge is -2.12. The Hall–Kier alpha value is -2.04. The van der Waals surface area contributed by atoms with Crippen LogP contribution in [0.1, 0.15) is 18.9 Å². The van der Waals surface area contributed by atoms with Crippen LogP contribution in [0.4, 0.5) is 0 Å². The highest BCUT2D eigenvalue weighted by molar-refractivity contribution is 9.10. The molecule has 1 aromatic carbocycles. The van der Waals surface area contributed by atoms with Crippen molar-refractivity contribution in [3.05, 3.63) is 27.7 Å². The molecule has 1 amide bonds. The molecule has 0 aliphatic rings. The van der Waals surface area contributed by atoms with Crippen LogP contribution in [0.2, 0.25) is 0 Å². The molecular formula is C17H21BrN2O4. The zero-order chi connectivity index (χ0) is 17.9. The number of ether oxygens (including phenoxy) is 3. The molecule has 1 N–H and O–H groups in total. The summed E-state index contributed by atoms with van der Waals surface area (Å²) in [7, 11) is 3.15. The summed E-state index contributed by atoms with van der Waals surface area (Å²) in [6, 6.07) is 5.41. The highest BCUT2D eigenvalue weighted by Gasteiger charge is 2.13. The van der Waals surface area contributed by atoms with Gasteiger partial charge in [0.05, 0.1) is 18.2 Å². The van der Waals surface area contributed by atoms with Gasteiger partial charge in [0, 0.05) is 20.3 Å². The Morgan fingerprint density at radius 1 is 1.42 bits per heavy atom. The number of nitriles is 1. The molecule has 0 spiro atoms. The normalized spacial score (nSPS) is 10.9. The minimum atomic E-state index is -0.418. The van der Waals surface area contributed by atoms with Crippen LogP contribution in [0.3, 0.4) is 0 Å². The SMILES string of the molecule is CCOc1cc(/C=C(\C#N)C(=O)NCCCOC)cc(Br)c1OC. The summed E-state index contributed by atoms with van der Waals surface area (Å²) < 4.78 is 16.4. The zero-order valence-electron chi connectivity index (χ0n) is 14.0. The van der Waals surface area contributed by atoms with E-state index in [1.807, 2.05) is 13.0 Å². The first-order valence-electron chi connectivity index (χ1n) is 7.46. The minimum absolute atomic E-state index is 0.0203. The topological polar surface area (TPSA) is 80.6 Å². The van der Waals surface area contributed by atoms with Gasteiger partial charge in [0.15, 0.2) is 11.5 Å². The summed E-state index contributed by atoms with van der Waals surface area (Å²) >= 11 is 3.40. The molecule has 0 saturated carbocycles. The lowest BCUT2D eigenvalue weighted by molar-refractivity contribution is -0.117. The summed E-state index contributed by atoms with van der Waals surface area (Å²) in [5.74, 6) is 0.688. The predicted octanol–water partition coefficient (Wildman–Crippen LogP) is 2.92. The van der Waals surface area contributed by atoms with Gasteiger partial charge in [-0.15, -0.1) is 0 Å². The maximum atomic E-state index is 12.1. The minimum Gasteiger partial charge on any atom is -0.492 e. The Morgan fingerprint density at radius 3 is 2.75 bits per heavy atom. The lowest BCUT2D eigenvalue weighted by atomic mass is 10.1. The molecule has 0 bridgehead atoms. The molecule has 0 saturated heterocycles. The standard InChI is InChI=1S/C17H21BrN2O4/c1-4-24-15-10-12(9-14(18)16(15)23-3)8-13(11-19)17(21)20-6-5-7-22-2/h8-10H,4-7H2,1-3H3,(H,20,21)/b13-8+. The van der Waals surface area contributed by atoms with Crippen LogP contribution in [0.25, 0.3) is 6.08 Å². The first-order chi connectivity index (χ1) is 11.6. The van der Waals surface area contributed by atoms with Crippen LogP contribution in [0.15, 0.2) is 22.2 Å². The van der Waals surface area contributed by atoms with E-state index in [9.17, 15) is 10.1 Å². The van der Waals surface area contributed by atoms with Crippen molar-refractivity contribution in [2.75, 3.05) is 34.0 Å². The van der Waals surface area contributed by atoms with Gasteiger partial charge in [0.25, 0.3) is 5.91 Å². The average Bonchev–Trinajstić information content (AvgIpc) is 2.56. The van der Waals surface area contributed by atoms with E-state index in [4.69, 9.17) is 14.2 Å². The third-order valence-electron chi connectivity index (χ3n) is 3.02. The number of hydrogen-bond acceptors (Lipinski definition) is 5. The fourth-order valence-corrected chi connectivity index (χ4v) is 2.58. The molecule has 7 heteroatoms. The number of rotatable bonds is 9. The molecule has 24 heavy (non-hydrogen) atoms. The summed E-state index contributed by atoms with van der Waals surface area (Å²) in [5.41, 5.74) is 0.682. The van der Waals surface area contributed by atoms with E-state index in [2.05, 4.69) is 21.2 Å². The second-order valence-corrected chi connectivity index (χ2v) is 5.59. The number of benzene rings is 1. The molecule has 6 nitrogen and oxygen atoms in total. The molecular weight excluding hydrogens is 376 g/mol. The number of hydrogen-bond donors (Lipinski definition) is 1. The number of nitrogens with one attached hydrogen (secondary N) is 1. The Bertz CT molecular complexity index is 638. The number of amides is 1. The first-order valence-corrected chi connectivity index (χ1v) is 8.25. The van der Waals surface area contributed by atoms with E-state index in [1.54, 1.807) is 26.4 Å². The van der Waals surface area contributed by atoms with Gasteiger partial charge in [0.1, 0.15) is 11.6 Å². The molecule has 0 aromatic heterocycles. The van der Waals surface area contributed by atoms with Crippen LogP contribution in [-0.4, -0.2) is 39.9 Å². The number of methoxy groups -OCH3 is 2. The van der Waals surface area contributed by atoms with Crippen molar-refractivity contribution in [2.45, 2.75) is 13.3 Å². The molecule has 0 aliphatic carbocycles. The Kier molecular flexibility index (Phi) is 8.90. The predicted molar refractivity (Wildman–Crippen MR) is 95.0 cm³/mol. The Morgan fingerprint density at radius 2 is 2.17 bits per heavy atom. The molecule has 0 fully saturated rings. The lowest BCUT2D eigenvalue weighted by Crippen LogP contribution is -2.26. The van der Waals surface area contributed by atoms with Gasteiger partial charge in [-0.1, -0.05) is 0 Å². The van der Waals surface area contributed by atoms with Crippen LogP contribution < -0.4 is 14.8 Å². The van der Waals surface area contributed by atoms with Gasteiger partial charge < -0.3 is 19.5 Å². The van der Waals surface area contributed by atoms with E-state index in [-0.39, 0.29) is 5.57 Å². The Labute approximate surface area is 150 Å². The first kappa shape index (κ1) is 20.0. The fourth-order valence-electron chi connectivity index (χ4n) is 1.96.